The van der Waals surface area contributed by atoms with Crippen molar-refractivity contribution >= 4 is 23.4 Å². The Labute approximate surface area is 111 Å². The summed E-state index contributed by atoms with van der Waals surface area (Å²) in [7, 11) is 3.75. The van der Waals surface area contributed by atoms with Crippen LogP contribution in [0.1, 0.15) is 25.0 Å². The summed E-state index contributed by atoms with van der Waals surface area (Å²) in [4.78, 5) is 3.25. The molecule has 1 aliphatic rings. The summed E-state index contributed by atoms with van der Waals surface area (Å²) < 4.78 is 10.4. The van der Waals surface area contributed by atoms with Crippen LogP contribution in [0.15, 0.2) is 0 Å². The van der Waals surface area contributed by atoms with E-state index in [1.54, 1.807) is 7.11 Å². The second-order valence-corrected chi connectivity index (χ2v) is 5.55. The average molecular weight is 266 g/mol. The highest BCUT2D eigenvalue weighted by Gasteiger charge is 2.38. The van der Waals surface area contributed by atoms with E-state index < -0.39 is 0 Å². The van der Waals surface area contributed by atoms with Crippen LogP contribution < -0.4 is 0 Å². The van der Waals surface area contributed by atoms with Crippen LogP contribution in [0, 0.1) is 11.7 Å². The third kappa shape index (κ3) is 1.55. The molecule has 2 aromatic heterocycles. The standard InChI is InChI=1S/C12H18N4OS/c1-8-9-10(15(2)14-8)16(11(18)13-9)7-12(17-3)5-4-6-12/h4-7H2,1-3H3,(H,13,18). The Kier molecular flexibility index (Phi) is 2.60. The number of fused-ring (bicyclic) bond motifs is 1. The minimum absolute atomic E-state index is 0.0362. The van der Waals surface area contributed by atoms with Crippen molar-refractivity contribution in [2.24, 2.45) is 7.05 Å². The lowest BCUT2D eigenvalue weighted by molar-refractivity contribution is -0.0832. The van der Waals surface area contributed by atoms with Gasteiger partial charge in [-0.15, -0.1) is 0 Å². The number of hydrogen-bond acceptors (Lipinski definition) is 3. The van der Waals surface area contributed by atoms with Crippen LogP contribution in [0.3, 0.4) is 0 Å². The van der Waals surface area contributed by atoms with Crippen molar-refractivity contribution in [1.29, 1.82) is 0 Å². The number of nitrogens with one attached hydrogen (secondary N) is 1. The van der Waals surface area contributed by atoms with E-state index in [9.17, 15) is 0 Å². The molecule has 1 N–H and O–H groups in total. The first-order valence-corrected chi connectivity index (χ1v) is 6.64. The lowest BCUT2D eigenvalue weighted by Crippen LogP contribution is -2.43. The number of aryl methyl sites for hydroxylation is 2. The van der Waals surface area contributed by atoms with Gasteiger partial charge in [0.2, 0.25) is 0 Å². The van der Waals surface area contributed by atoms with Crippen molar-refractivity contribution in [3.05, 3.63) is 10.5 Å². The number of rotatable bonds is 3. The van der Waals surface area contributed by atoms with Crippen LogP contribution in [0.5, 0.6) is 0 Å². The predicted molar refractivity (Wildman–Crippen MR) is 72.2 cm³/mol. The minimum atomic E-state index is -0.0362. The number of aromatic amines is 1. The smallest absolute Gasteiger partial charge is 0.179 e. The van der Waals surface area contributed by atoms with Gasteiger partial charge in [0, 0.05) is 14.2 Å². The van der Waals surface area contributed by atoms with E-state index in [4.69, 9.17) is 17.0 Å². The molecule has 5 nitrogen and oxygen atoms in total. The quantitative estimate of drug-likeness (QED) is 0.867. The zero-order chi connectivity index (χ0) is 12.9. The summed E-state index contributed by atoms with van der Waals surface area (Å²) in [6.07, 6.45) is 3.45. The Morgan fingerprint density at radius 3 is 2.78 bits per heavy atom. The van der Waals surface area contributed by atoms with Crippen molar-refractivity contribution in [2.45, 2.75) is 38.3 Å². The molecule has 0 aliphatic heterocycles. The topological polar surface area (TPSA) is 47.8 Å². The molecule has 18 heavy (non-hydrogen) atoms. The fourth-order valence-corrected chi connectivity index (χ4v) is 3.06. The van der Waals surface area contributed by atoms with Crippen molar-refractivity contribution in [3.63, 3.8) is 0 Å². The van der Waals surface area contributed by atoms with Gasteiger partial charge in [-0.25, -0.2) is 0 Å². The van der Waals surface area contributed by atoms with E-state index >= 15 is 0 Å². The molecule has 0 bridgehead atoms. The molecule has 0 amide bonds. The SMILES string of the molecule is COC1(Cn2c(=S)[nH]c3c(C)nn(C)c32)CCC1. The lowest BCUT2D eigenvalue weighted by Gasteiger charge is -2.40. The highest BCUT2D eigenvalue weighted by molar-refractivity contribution is 7.71. The van der Waals surface area contributed by atoms with Crippen molar-refractivity contribution < 1.29 is 4.74 Å². The summed E-state index contributed by atoms with van der Waals surface area (Å²) in [6, 6.07) is 0. The van der Waals surface area contributed by atoms with E-state index in [0.717, 1.165) is 41.0 Å². The Balaban J connectivity index is 2.11. The van der Waals surface area contributed by atoms with Gasteiger partial charge < -0.3 is 9.72 Å². The number of aromatic nitrogens is 4. The zero-order valence-electron chi connectivity index (χ0n) is 11.0. The first-order chi connectivity index (χ1) is 8.56. The number of methoxy groups -OCH3 is 1. The highest BCUT2D eigenvalue weighted by Crippen LogP contribution is 2.37. The number of H-pyrrole nitrogens is 1. The van der Waals surface area contributed by atoms with Crippen molar-refractivity contribution in [1.82, 2.24) is 19.3 Å². The number of nitrogens with zero attached hydrogens (tertiary/aromatic N) is 3. The molecule has 98 valence electrons. The molecule has 1 aliphatic carbocycles. The summed E-state index contributed by atoms with van der Waals surface area (Å²) >= 11 is 5.42. The first kappa shape index (κ1) is 11.9. The summed E-state index contributed by atoms with van der Waals surface area (Å²) in [5, 5.41) is 4.43. The molecule has 0 unspecified atom stereocenters. The molecular formula is C12H18N4OS. The fraction of sp³-hybridized carbons (Fsp3) is 0.667. The van der Waals surface area contributed by atoms with E-state index in [-0.39, 0.29) is 5.60 Å². The molecule has 3 rings (SSSR count). The molecule has 0 radical (unpaired) electrons. The molecule has 6 heteroatoms. The number of ether oxygens (including phenoxy) is 1. The van der Waals surface area contributed by atoms with Gasteiger partial charge in [0.1, 0.15) is 5.52 Å². The number of imidazole rings is 1. The largest absolute Gasteiger partial charge is 0.376 e. The Bertz CT molecular complexity index is 641. The number of hydrogen-bond donors (Lipinski definition) is 1. The van der Waals surface area contributed by atoms with Crippen LogP contribution >= 0.6 is 12.2 Å². The van der Waals surface area contributed by atoms with Gasteiger partial charge in [0.05, 0.1) is 17.8 Å². The maximum atomic E-state index is 5.69. The van der Waals surface area contributed by atoms with E-state index in [1.165, 1.54) is 6.42 Å². The zero-order valence-corrected chi connectivity index (χ0v) is 11.8. The average Bonchev–Trinajstić information content (AvgIpc) is 2.73. The third-order valence-electron chi connectivity index (χ3n) is 4.07. The third-order valence-corrected chi connectivity index (χ3v) is 4.39. The molecule has 1 fully saturated rings. The highest BCUT2D eigenvalue weighted by atomic mass is 32.1. The van der Waals surface area contributed by atoms with Gasteiger partial charge in [-0.2, -0.15) is 5.10 Å². The maximum Gasteiger partial charge on any atom is 0.179 e. The normalized spacial score (nSPS) is 18.2. The van der Waals surface area contributed by atoms with Gasteiger partial charge in [-0.1, -0.05) is 0 Å². The first-order valence-electron chi connectivity index (χ1n) is 6.24. The second-order valence-electron chi connectivity index (χ2n) is 5.16. The fourth-order valence-electron chi connectivity index (χ4n) is 2.81. The summed E-state index contributed by atoms with van der Waals surface area (Å²) in [5.74, 6) is 0. The van der Waals surface area contributed by atoms with Crippen LogP contribution in [0.2, 0.25) is 0 Å². The van der Waals surface area contributed by atoms with Gasteiger partial charge >= 0.3 is 0 Å². The van der Waals surface area contributed by atoms with E-state index in [0.29, 0.717) is 0 Å². The second kappa shape index (κ2) is 3.93. The van der Waals surface area contributed by atoms with E-state index in [2.05, 4.69) is 14.6 Å². The maximum absolute atomic E-state index is 5.69. The predicted octanol–water partition coefficient (Wildman–Crippen LogP) is 2.31. The minimum Gasteiger partial charge on any atom is -0.376 e. The molecule has 1 saturated carbocycles. The van der Waals surface area contributed by atoms with Gasteiger partial charge in [-0.05, 0) is 38.4 Å². The van der Waals surface area contributed by atoms with Crippen LogP contribution in [0.25, 0.3) is 11.2 Å². The molecule has 2 heterocycles. The van der Waals surface area contributed by atoms with Gasteiger partial charge in [0.15, 0.2) is 10.4 Å². The Hall–Kier alpha value is -1.14. The summed E-state index contributed by atoms with van der Waals surface area (Å²) in [5.41, 5.74) is 3.04. The van der Waals surface area contributed by atoms with Crippen molar-refractivity contribution in [3.8, 4) is 0 Å². The lowest BCUT2D eigenvalue weighted by atomic mass is 9.80. The molecule has 2 aromatic rings. The van der Waals surface area contributed by atoms with Gasteiger partial charge in [-0.3, -0.25) is 9.25 Å². The van der Waals surface area contributed by atoms with Crippen LogP contribution in [-0.4, -0.2) is 32.0 Å². The Morgan fingerprint density at radius 1 is 1.50 bits per heavy atom. The Morgan fingerprint density at radius 2 is 2.22 bits per heavy atom. The van der Waals surface area contributed by atoms with Gasteiger partial charge in [0.25, 0.3) is 0 Å². The molecular weight excluding hydrogens is 248 g/mol. The van der Waals surface area contributed by atoms with Crippen molar-refractivity contribution in [2.75, 3.05) is 7.11 Å². The molecule has 0 aromatic carbocycles. The van der Waals surface area contributed by atoms with Crippen LogP contribution in [0.4, 0.5) is 0 Å². The molecule has 0 atom stereocenters. The monoisotopic (exact) mass is 266 g/mol. The molecule has 0 saturated heterocycles. The molecule has 0 spiro atoms. The van der Waals surface area contributed by atoms with Crippen LogP contribution in [-0.2, 0) is 18.3 Å². The summed E-state index contributed by atoms with van der Waals surface area (Å²) in [6.45, 7) is 2.80. The van der Waals surface area contributed by atoms with E-state index in [1.807, 2.05) is 18.7 Å².